The van der Waals surface area contributed by atoms with Crippen LogP contribution in [0.25, 0.3) is 0 Å². The second-order valence-electron chi connectivity index (χ2n) is 5.83. The van der Waals surface area contributed by atoms with Crippen molar-refractivity contribution in [2.75, 3.05) is 5.32 Å². The van der Waals surface area contributed by atoms with E-state index >= 15 is 0 Å². The van der Waals surface area contributed by atoms with Gasteiger partial charge in [-0.2, -0.15) is 0 Å². The maximum atomic E-state index is 12.4. The van der Waals surface area contributed by atoms with Crippen molar-refractivity contribution >= 4 is 17.5 Å². The summed E-state index contributed by atoms with van der Waals surface area (Å²) < 4.78 is 0. The van der Waals surface area contributed by atoms with Crippen molar-refractivity contribution in [2.24, 2.45) is 0 Å². The van der Waals surface area contributed by atoms with Crippen LogP contribution in [-0.4, -0.2) is 11.8 Å². The molecule has 4 heteroatoms. The highest BCUT2D eigenvalue weighted by Gasteiger charge is 2.10. The Bertz CT molecular complexity index is 711. The fourth-order valence-corrected chi connectivity index (χ4v) is 2.56. The van der Waals surface area contributed by atoms with Crippen LogP contribution in [0.4, 0.5) is 5.69 Å². The van der Waals surface area contributed by atoms with Gasteiger partial charge in [-0.05, 0) is 49.6 Å². The minimum Gasteiger partial charge on any atom is -0.352 e. The van der Waals surface area contributed by atoms with E-state index in [1.54, 1.807) is 12.1 Å². The summed E-state index contributed by atoms with van der Waals surface area (Å²) in [7, 11) is 0. The topological polar surface area (TPSA) is 58.2 Å². The van der Waals surface area contributed by atoms with Gasteiger partial charge < -0.3 is 10.6 Å². The average Bonchev–Trinajstić information content (AvgIpc) is 2.49. The number of carbonyl (C=O) groups excluding carboxylic acids is 2. The summed E-state index contributed by atoms with van der Waals surface area (Å²) in [5, 5.41) is 5.71. The first-order valence-electron chi connectivity index (χ1n) is 7.59. The third-order valence-electron chi connectivity index (χ3n) is 3.67. The van der Waals surface area contributed by atoms with Crippen molar-refractivity contribution in [1.82, 2.24) is 5.32 Å². The van der Waals surface area contributed by atoms with Crippen molar-refractivity contribution in [3.8, 4) is 0 Å². The van der Waals surface area contributed by atoms with Gasteiger partial charge in [0, 0.05) is 24.7 Å². The zero-order valence-corrected chi connectivity index (χ0v) is 14.0. The van der Waals surface area contributed by atoms with Gasteiger partial charge in [0.25, 0.3) is 5.91 Å². The molecule has 2 aromatic carbocycles. The summed E-state index contributed by atoms with van der Waals surface area (Å²) in [5.41, 5.74) is 5.70. The molecule has 0 aliphatic carbocycles. The molecule has 2 rings (SSSR count). The van der Waals surface area contributed by atoms with Gasteiger partial charge in [0.1, 0.15) is 0 Å². The first-order chi connectivity index (χ1) is 10.9. The Morgan fingerprint density at radius 3 is 2.04 bits per heavy atom. The van der Waals surface area contributed by atoms with Crippen LogP contribution in [0.5, 0.6) is 0 Å². The Kier molecular flexibility index (Phi) is 5.16. The summed E-state index contributed by atoms with van der Waals surface area (Å²) in [6, 6.07) is 11.3. The van der Waals surface area contributed by atoms with E-state index in [4.69, 9.17) is 0 Å². The number of nitrogens with one attached hydrogen (secondary N) is 2. The highest BCUT2D eigenvalue weighted by atomic mass is 16.2. The smallest absolute Gasteiger partial charge is 0.255 e. The average molecular weight is 310 g/mol. The fourth-order valence-electron chi connectivity index (χ4n) is 2.56. The minimum absolute atomic E-state index is 0.0721. The largest absolute Gasteiger partial charge is 0.352 e. The van der Waals surface area contributed by atoms with E-state index in [9.17, 15) is 9.59 Å². The van der Waals surface area contributed by atoms with E-state index in [0.29, 0.717) is 12.1 Å². The second-order valence-corrected chi connectivity index (χ2v) is 5.83. The quantitative estimate of drug-likeness (QED) is 0.908. The van der Waals surface area contributed by atoms with Crippen LogP contribution >= 0.6 is 0 Å². The van der Waals surface area contributed by atoms with Crippen molar-refractivity contribution in [2.45, 2.75) is 34.2 Å². The fraction of sp³-hybridized carbons (Fsp3) is 0.263. The molecule has 0 aromatic heterocycles. The lowest BCUT2D eigenvalue weighted by Gasteiger charge is -2.13. The van der Waals surface area contributed by atoms with E-state index in [1.165, 1.54) is 12.5 Å². The molecule has 23 heavy (non-hydrogen) atoms. The maximum Gasteiger partial charge on any atom is 0.255 e. The van der Waals surface area contributed by atoms with E-state index in [-0.39, 0.29) is 11.8 Å². The van der Waals surface area contributed by atoms with E-state index in [0.717, 1.165) is 22.4 Å². The van der Waals surface area contributed by atoms with Gasteiger partial charge in [-0.25, -0.2) is 0 Å². The molecule has 0 bridgehead atoms. The van der Waals surface area contributed by atoms with Gasteiger partial charge in [-0.1, -0.05) is 29.8 Å². The molecule has 0 aliphatic rings. The molecule has 2 amide bonds. The molecular formula is C19H22N2O2. The minimum atomic E-state index is -0.133. The Balaban J connectivity index is 2.11. The molecule has 0 unspecified atom stereocenters. The molecule has 0 saturated carbocycles. The standard InChI is InChI=1S/C19H22N2O2/c1-12-9-13(2)18(14(3)10-12)21-19(23)17-7-5-16(6-8-17)11-20-15(4)22/h5-10H,11H2,1-4H3,(H,20,22)(H,21,23). The van der Waals surface area contributed by atoms with Gasteiger partial charge >= 0.3 is 0 Å². The normalized spacial score (nSPS) is 10.3. The monoisotopic (exact) mass is 310 g/mol. The molecule has 120 valence electrons. The van der Waals surface area contributed by atoms with Gasteiger partial charge in [0.15, 0.2) is 0 Å². The number of amides is 2. The zero-order valence-electron chi connectivity index (χ0n) is 14.0. The molecule has 0 radical (unpaired) electrons. The van der Waals surface area contributed by atoms with E-state index in [2.05, 4.69) is 22.8 Å². The first-order valence-corrected chi connectivity index (χ1v) is 7.59. The number of aryl methyl sites for hydroxylation is 3. The van der Waals surface area contributed by atoms with Gasteiger partial charge in [0.05, 0.1) is 0 Å². The molecule has 0 aliphatic heterocycles. The Hall–Kier alpha value is -2.62. The van der Waals surface area contributed by atoms with Gasteiger partial charge in [-0.3, -0.25) is 9.59 Å². The Morgan fingerprint density at radius 2 is 1.52 bits per heavy atom. The van der Waals surface area contributed by atoms with Crippen molar-refractivity contribution in [3.63, 3.8) is 0 Å². The molecule has 2 aromatic rings. The summed E-state index contributed by atoms with van der Waals surface area (Å²) in [6.45, 7) is 7.97. The van der Waals surface area contributed by atoms with E-state index in [1.807, 2.05) is 32.9 Å². The van der Waals surface area contributed by atoms with Gasteiger partial charge in [0.2, 0.25) is 5.91 Å². The number of hydrogen-bond acceptors (Lipinski definition) is 2. The molecule has 0 saturated heterocycles. The SMILES string of the molecule is CC(=O)NCc1ccc(C(=O)Nc2c(C)cc(C)cc2C)cc1. The third-order valence-corrected chi connectivity index (χ3v) is 3.67. The van der Waals surface area contributed by atoms with Crippen LogP contribution in [0.3, 0.4) is 0 Å². The first kappa shape index (κ1) is 16.7. The summed E-state index contributed by atoms with van der Waals surface area (Å²) in [4.78, 5) is 23.3. The lowest BCUT2D eigenvalue weighted by atomic mass is 10.0. The number of carbonyl (C=O) groups is 2. The lowest BCUT2D eigenvalue weighted by Crippen LogP contribution is -2.19. The molecule has 0 fully saturated rings. The second kappa shape index (κ2) is 7.09. The molecule has 2 N–H and O–H groups in total. The summed E-state index contributed by atoms with van der Waals surface area (Å²) >= 11 is 0. The summed E-state index contributed by atoms with van der Waals surface area (Å²) in [5.74, 6) is -0.205. The predicted molar refractivity (Wildman–Crippen MR) is 92.6 cm³/mol. The van der Waals surface area contributed by atoms with Crippen LogP contribution in [0.2, 0.25) is 0 Å². The lowest BCUT2D eigenvalue weighted by molar-refractivity contribution is -0.119. The number of anilines is 1. The van der Waals surface area contributed by atoms with E-state index < -0.39 is 0 Å². The number of hydrogen-bond donors (Lipinski definition) is 2. The highest BCUT2D eigenvalue weighted by molar-refractivity contribution is 6.05. The number of benzene rings is 2. The maximum absolute atomic E-state index is 12.4. The van der Waals surface area contributed by atoms with Crippen LogP contribution < -0.4 is 10.6 Å². The van der Waals surface area contributed by atoms with Crippen molar-refractivity contribution in [3.05, 3.63) is 64.2 Å². The van der Waals surface area contributed by atoms with Crippen LogP contribution in [0, 0.1) is 20.8 Å². The molecule has 0 spiro atoms. The molecule has 4 nitrogen and oxygen atoms in total. The zero-order chi connectivity index (χ0) is 17.0. The molecular weight excluding hydrogens is 288 g/mol. The Morgan fingerprint density at radius 1 is 0.957 bits per heavy atom. The Labute approximate surface area is 136 Å². The third kappa shape index (κ3) is 4.42. The summed E-state index contributed by atoms with van der Waals surface area (Å²) in [6.07, 6.45) is 0. The van der Waals surface area contributed by atoms with Crippen molar-refractivity contribution in [1.29, 1.82) is 0 Å². The predicted octanol–water partition coefficient (Wildman–Crippen LogP) is 3.50. The molecule has 0 heterocycles. The highest BCUT2D eigenvalue weighted by Crippen LogP contribution is 2.22. The van der Waals surface area contributed by atoms with Crippen molar-refractivity contribution < 1.29 is 9.59 Å². The van der Waals surface area contributed by atoms with Crippen LogP contribution in [0.15, 0.2) is 36.4 Å². The van der Waals surface area contributed by atoms with Gasteiger partial charge in [-0.15, -0.1) is 0 Å². The molecule has 0 atom stereocenters. The number of rotatable bonds is 4. The van der Waals surface area contributed by atoms with Crippen LogP contribution in [0.1, 0.15) is 39.5 Å². The van der Waals surface area contributed by atoms with Crippen LogP contribution in [-0.2, 0) is 11.3 Å².